The van der Waals surface area contributed by atoms with Crippen LogP contribution in [-0.4, -0.2) is 5.38 Å². The summed E-state index contributed by atoms with van der Waals surface area (Å²) in [5.74, 6) is 0. The second-order valence-electron chi connectivity index (χ2n) is 2.24. The van der Waals surface area contributed by atoms with Crippen LogP contribution in [0, 0.1) is 0 Å². The molecule has 0 bridgehead atoms. The van der Waals surface area contributed by atoms with E-state index in [9.17, 15) is 0 Å². The standard InChI is InChI=1S/C7H11Cl/c8-7-5-3-1-2-4-6-7/h1,3,7H,2,4-6H2. The molecule has 0 saturated heterocycles. The first-order chi connectivity index (χ1) is 3.89. The fourth-order valence-corrected chi connectivity index (χ4v) is 1.19. The summed E-state index contributed by atoms with van der Waals surface area (Å²) in [7, 11) is 0. The van der Waals surface area contributed by atoms with Gasteiger partial charge in [-0.1, -0.05) is 12.2 Å². The van der Waals surface area contributed by atoms with Crippen LogP contribution in [0.3, 0.4) is 0 Å². The van der Waals surface area contributed by atoms with E-state index in [2.05, 4.69) is 12.2 Å². The highest BCUT2D eigenvalue weighted by Gasteiger charge is 2.02. The maximum atomic E-state index is 5.87. The Labute approximate surface area is 55.5 Å². The molecule has 46 valence electrons. The van der Waals surface area contributed by atoms with Crippen molar-refractivity contribution in [3.05, 3.63) is 12.2 Å². The molecular formula is C7H11Cl. The molecule has 1 unspecified atom stereocenters. The lowest BCUT2D eigenvalue weighted by atomic mass is 10.2. The van der Waals surface area contributed by atoms with E-state index >= 15 is 0 Å². The number of halogens is 1. The Hall–Kier alpha value is 0.0300. The van der Waals surface area contributed by atoms with Gasteiger partial charge in [0, 0.05) is 5.38 Å². The largest absolute Gasteiger partial charge is 0.123 e. The van der Waals surface area contributed by atoms with Gasteiger partial charge in [0.25, 0.3) is 0 Å². The Morgan fingerprint density at radius 1 is 1.38 bits per heavy atom. The van der Waals surface area contributed by atoms with Crippen molar-refractivity contribution in [1.29, 1.82) is 0 Å². The van der Waals surface area contributed by atoms with Crippen LogP contribution in [0.5, 0.6) is 0 Å². The molecule has 0 amide bonds. The highest BCUT2D eigenvalue weighted by Crippen LogP contribution is 2.15. The first-order valence-electron chi connectivity index (χ1n) is 3.18. The fourth-order valence-electron chi connectivity index (χ4n) is 0.937. The minimum atomic E-state index is 0.411. The van der Waals surface area contributed by atoms with Crippen molar-refractivity contribution in [3.8, 4) is 0 Å². The quantitative estimate of drug-likeness (QED) is 0.350. The first-order valence-corrected chi connectivity index (χ1v) is 3.62. The van der Waals surface area contributed by atoms with E-state index in [0.717, 1.165) is 6.42 Å². The number of hydrogen-bond donors (Lipinski definition) is 0. The molecule has 1 aliphatic carbocycles. The van der Waals surface area contributed by atoms with Crippen LogP contribution in [0.4, 0.5) is 0 Å². The fraction of sp³-hybridized carbons (Fsp3) is 0.714. The number of allylic oxidation sites excluding steroid dienone is 2. The van der Waals surface area contributed by atoms with E-state index < -0.39 is 0 Å². The Bertz CT molecular complexity index is 86.4. The summed E-state index contributed by atoms with van der Waals surface area (Å²) >= 11 is 5.87. The molecule has 0 radical (unpaired) electrons. The molecule has 0 N–H and O–H groups in total. The molecule has 0 aromatic carbocycles. The summed E-state index contributed by atoms with van der Waals surface area (Å²) in [6.07, 6.45) is 9.16. The lowest BCUT2D eigenvalue weighted by Gasteiger charge is -1.99. The van der Waals surface area contributed by atoms with E-state index in [1.807, 2.05) is 0 Å². The molecule has 0 spiro atoms. The van der Waals surface area contributed by atoms with E-state index in [4.69, 9.17) is 11.6 Å². The minimum Gasteiger partial charge on any atom is -0.123 e. The van der Waals surface area contributed by atoms with E-state index in [1.165, 1.54) is 19.3 Å². The van der Waals surface area contributed by atoms with E-state index in [1.54, 1.807) is 0 Å². The van der Waals surface area contributed by atoms with Crippen LogP contribution in [0.1, 0.15) is 25.7 Å². The molecule has 0 nitrogen and oxygen atoms in total. The number of alkyl halides is 1. The van der Waals surface area contributed by atoms with Crippen molar-refractivity contribution in [2.75, 3.05) is 0 Å². The van der Waals surface area contributed by atoms with Crippen LogP contribution >= 0.6 is 11.6 Å². The van der Waals surface area contributed by atoms with Crippen molar-refractivity contribution in [2.45, 2.75) is 31.1 Å². The molecule has 0 saturated carbocycles. The monoisotopic (exact) mass is 130 g/mol. The zero-order valence-corrected chi connectivity index (χ0v) is 5.69. The summed E-state index contributed by atoms with van der Waals surface area (Å²) in [6, 6.07) is 0. The second kappa shape index (κ2) is 3.13. The van der Waals surface area contributed by atoms with Gasteiger partial charge in [-0.25, -0.2) is 0 Å². The summed E-state index contributed by atoms with van der Waals surface area (Å²) in [6.45, 7) is 0. The zero-order chi connectivity index (χ0) is 5.82. The average Bonchev–Trinajstić information content (AvgIpc) is 1.94. The third-order valence-electron chi connectivity index (χ3n) is 1.45. The van der Waals surface area contributed by atoms with Crippen LogP contribution in [0.2, 0.25) is 0 Å². The molecule has 1 heteroatoms. The van der Waals surface area contributed by atoms with Crippen molar-refractivity contribution in [1.82, 2.24) is 0 Å². The predicted octanol–water partition coefficient (Wildman–Crippen LogP) is 2.72. The lowest BCUT2D eigenvalue weighted by molar-refractivity contribution is 0.725. The summed E-state index contributed by atoms with van der Waals surface area (Å²) in [4.78, 5) is 0. The van der Waals surface area contributed by atoms with E-state index in [0.29, 0.717) is 5.38 Å². The smallest absolute Gasteiger partial charge is 0.0370 e. The molecular weight excluding hydrogens is 120 g/mol. The third kappa shape index (κ3) is 1.87. The highest BCUT2D eigenvalue weighted by atomic mass is 35.5. The topological polar surface area (TPSA) is 0 Å². The van der Waals surface area contributed by atoms with Gasteiger partial charge in [0.05, 0.1) is 0 Å². The lowest BCUT2D eigenvalue weighted by Crippen LogP contribution is -1.92. The van der Waals surface area contributed by atoms with Gasteiger partial charge in [-0.3, -0.25) is 0 Å². The van der Waals surface area contributed by atoms with Crippen LogP contribution in [0.15, 0.2) is 12.2 Å². The van der Waals surface area contributed by atoms with Crippen molar-refractivity contribution >= 4 is 11.6 Å². The van der Waals surface area contributed by atoms with Crippen LogP contribution in [0.25, 0.3) is 0 Å². The maximum absolute atomic E-state index is 5.87. The van der Waals surface area contributed by atoms with Crippen molar-refractivity contribution in [3.63, 3.8) is 0 Å². The van der Waals surface area contributed by atoms with Crippen LogP contribution in [-0.2, 0) is 0 Å². The summed E-state index contributed by atoms with van der Waals surface area (Å²) in [5.41, 5.74) is 0. The van der Waals surface area contributed by atoms with Crippen molar-refractivity contribution < 1.29 is 0 Å². The molecule has 1 rings (SSSR count). The molecule has 8 heavy (non-hydrogen) atoms. The Morgan fingerprint density at radius 3 is 3.12 bits per heavy atom. The normalized spacial score (nSPS) is 29.9. The molecule has 0 aromatic heterocycles. The Kier molecular flexibility index (Phi) is 2.41. The van der Waals surface area contributed by atoms with Gasteiger partial charge >= 0.3 is 0 Å². The molecule has 1 aliphatic rings. The zero-order valence-electron chi connectivity index (χ0n) is 4.94. The highest BCUT2D eigenvalue weighted by molar-refractivity contribution is 6.20. The minimum absolute atomic E-state index is 0.411. The Balaban J connectivity index is 2.30. The van der Waals surface area contributed by atoms with Gasteiger partial charge in [-0.05, 0) is 25.7 Å². The second-order valence-corrected chi connectivity index (χ2v) is 2.85. The van der Waals surface area contributed by atoms with Crippen molar-refractivity contribution in [2.24, 2.45) is 0 Å². The van der Waals surface area contributed by atoms with Gasteiger partial charge in [-0.2, -0.15) is 0 Å². The SMILES string of the molecule is ClC1CC=CCCC1. The molecule has 0 aliphatic heterocycles. The maximum Gasteiger partial charge on any atom is 0.0370 e. The van der Waals surface area contributed by atoms with Gasteiger partial charge in [0.15, 0.2) is 0 Å². The van der Waals surface area contributed by atoms with Gasteiger partial charge in [0.2, 0.25) is 0 Å². The van der Waals surface area contributed by atoms with Gasteiger partial charge in [-0.15, -0.1) is 11.6 Å². The van der Waals surface area contributed by atoms with Gasteiger partial charge < -0.3 is 0 Å². The Morgan fingerprint density at radius 2 is 2.25 bits per heavy atom. The van der Waals surface area contributed by atoms with E-state index in [-0.39, 0.29) is 0 Å². The molecule has 0 aromatic rings. The van der Waals surface area contributed by atoms with Crippen LogP contribution < -0.4 is 0 Å². The number of rotatable bonds is 0. The average molecular weight is 131 g/mol. The first kappa shape index (κ1) is 6.15. The van der Waals surface area contributed by atoms with Gasteiger partial charge in [0.1, 0.15) is 0 Å². The number of hydrogen-bond acceptors (Lipinski definition) is 0. The summed E-state index contributed by atoms with van der Waals surface area (Å²) < 4.78 is 0. The molecule has 0 heterocycles. The predicted molar refractivity (Wildman–Crippen MR) is 37.2 cm³/mol. The summed E-state index contributed by atoms with van der Waals surface area (Å²) in [5, 5.41) is 0.411. The molecule has 0 fully saturated rings. The third-order valence-corrected chi connectivity index (χ3v) is 1.84. The molecule has 1 atom stereocenters.